The van der Waals surface area contributed by atoms with Gasteiger partial charge in [0.05, 0.1) is 5.69 Å². The molecule has 0 radical (unpaired) electrons. The SMILES string of the molecule is CN(CCNc1ccccc1S(=O)(=O)N(C)C)C1CC1. The van der Waals surface area contributed by atoms with Gasteiger partial charge in [-0.1, -0.05) is 12.1 Å². The minimum atomic E-state index is -3.40. The monoisotopic (exact) mass is 297 g/mol. The Hall–Kier alpha value is -1.11. The fourth-order valence-electron chi connectivity index (χ4n) is 2.10. The molecular formula is C14H23N3O2S. The Morgan fingerprint density at radius 2 is 1.85 bits per heavy atom. The maximum absolute atomic E-state index is 12.2. The van der Waals surface area contributed by atoms with E-state index in [-0.39, 0.29) is 0 Å². The molecule has 6 heteroatoms. The summed E-state index contributed by atoms with van der Waals surface area (Å²) in [6, 6.07) is 7.77. The highest BCUT2D eigenvalue weighted by Gasteiger charge is 2.25. The number of nitrogens with one attached hydrogen (secondary N) is 1. The molecule has 5 nitrogen and oxygen atoms in total. The summed E-state index contributed by atoms with van der Waals surface area (Å²) >= 11 is 0. The standard InChI is InChI=1S/C14H23N3O2S/c1-16(2)20(18,19)14-7-5-4-6-13(14)15-10-11-17(3)12-8-9-12/h4-7,12,15H,8-11H2,1-3H3. The second-order valence-corrected chi connectivity index (χ2v) is 7.54. The van der Waals surface area contributed by atoms with Crippen LogP contribution in [0, 0.1) is 0 Å². The third-order valence-corrected chi connectivity index (χ3v) is 5.47. The number of anilines is 1. The minimum absolute atomic E-state index is 0.332. The van der Waals surface area contributed by atoms with E-state index in [0.29, 0.717) is 10.6 Å². The fraction of sp³-hybridized carbons (Fsp3) is 0.571. The number of likely N-dealkylation sites (N-methyl/N-ethyl adjacent to an activating group) is 1. The molecule has 0 heterocycles. The second kappa shape index (κ2) is 6.11. The van der Waals surface area contributed by atoms with Crippen molar-refractivity contribution in [3.8, 4) is 0 Å². The van der Waals surface area contributed by atoms with Crippen LogP contribution in [0.2, 0.25) is 0 Å². The molecule has 0 amide bonds. The summed E-state index contributed by atoms with van der Waals surface area (Å²) in [5, 5.41) is 3.24. The molecule has 1 aromatic rings. The number of benzene rings is 1. The van der Waals surface area contributed by atoms with Crippen LogP contribution in [0.1, 0.15) is 12.8 Å². The van der Waals surface area contributed by atoms with Gasteiger partial charge in [0.15, 0.2) is 0 Å². The lowest BCUT2D eigenvalue weighted by molar-refractivity contribution is 0.337. The van der Waals surface area contributed by atoms with Crippen molar-refractivity contribution >= 4 is 15.7 Å². The summed E-state index contributed by atoms with van der Waals surface area (Å²) in [6.45, 7) is 1.66. The molecule has 1 saturated carbocycles. The fourth-order valence-corrected chi connectivity index (χ4v) is 3.16. The van der Waals surface area contributed by atoms with Gasteiger partial charge in [0.1, 0.15) is 4.90 Å². The Bertz CT molecular complexity index is 553. The molecule has 112 valence electrons. The smallest absolute Gasteiger partial charge is 0.244 e. The van der Waals surface area contributed by atoms with Crippen LogP contribution < -0.4 is 5.32 Å². The van der Waals surface area contributed by atoms with Crippen LogP contribution in [-0.2, 0) is 10.0 Å². The molecule has 1 aliphatic carbocycles. The maximum atomic E-state index is 12.2. The first-order valence-corrected chi connectivity index (χ1v) is 8.32. The lowest BCUT2D eigenvalue weighted by atomic mass is 10.3. The van der Waals surface area contributed by atoms with Crippen molar-refractivity contribution in [1.82, 2.24) is 9.21 Å². The van der Waals surface area contributed by atoms with Crippen LogP contribution in [0.15, 0.2) is 29.2 Å². The maximum Gasteiger partial charge on any atom is 0.244 e. The Morgan fingerprint density at radius 3 is 2.45 bits per heavy atom. The topological polar surface area (TPSA) is 52.7 Å². The molecular weight excluding hydrogens is 274 g/mol. The molecule has 0 spiro atoms. The molecule has 2 rings (SSSR count). The van der Waals surface area contributed by atoms with Gasteiger partial charge < -0.3 is 10.2 Å². The van der Waals surface area contributed by atoms with E-state index in [2.05, 4.69) is 17.3 Å². The lowest BCUT2D eigenvalue weighted by Gasteiger charge is -2.19. The van der Waals surface area contributed by atoms with Crippen LogP contribution >= 0.6 is 0 Å². The number of sulfonamides is 1. The van der Waals surface area contributed by atoms with Crippen molar-refractivity contribution in [3.63, 3.8) is 0 Å². The number of nitrogens with zero attached hydrogens (tertiary/aromatic N) is 2. The number of hydrogen-bond donors (Lipinski definition) is 1. The largest absolute Gasteiger partial charge is 0.383 e. The summed E-state index contributed by atoms with van der Waals surface area (Å²) < 4.78 is 25.7. The summed E-state index contributed by atoms with van der Waals surface area (Å²) in [7, 11) is 1.81. The van der Waals surface area contributed by atoms with E-state index in [0.717, 1.165) is 19.1 Å². The Balaban J connectivity index is 2.04. The van der Waals surface area contributed by atoms with E-state index in [1.54, 1.807) is 26.2 Å². The van der Waals surface area contributed by atoms with E-state index in [9.17, 15) is 8.42 Å². The minimum Gasteiger partial charge on any atom is -0.383 e. The van der Waals surface area contributed by atoms with Gasteiger partial charge in [-0.3, -0.25) is 0 Å². The van der Waals surface area contributed by atoms with Crippen molar-refractivity contribution in [3.05, 3.63) is 24.3 Å². The van der Waals surface area contributed by atoms with Crippen LogP contribution in [0.3, 0.4) is 0 Å². The summed E-state index contributed by atoms with van der Waals surface area (Å²) in [6.07, 6.45) is 2.56. The van der Waals surface area contributed by atoms with Gasteiger partial charge in [0.25, 0.3) is 0 Å². The summed E-state index contributed by atoms with van der Waals surface area (Å²) in [5.41, 5.74) is 0.672. The Kier molecular flexibility index (Phi) is 4.67. The quantitative estimate of drug-likeness (QED) is 0.827. The molecule has 1 aromatic carbocycles. The van der Waals surface area contributed by atoms with Gasteiger partial charge in [-0.25, -0.2) is 12.7 Å². The third-order valence-electron chi connectivity index (χ3n) is 3.60. The van der Waals surface area contributed by atoms with Gasteiger partial charge in [-0.2, -0.15) is 0 Å². The van der Waals surface area contributed by atoms with Crippen LogP contribution in [-0.4, -0.2) is 57.9 Å². The van der Waals surface area contributed by atoms with Crippen molar-refractivity contribution < 1.29 is 8.42 Å². The van der Waals surface area contributed by atoms with Gasteiger partial charge in [0, 0.05) is 33.2 Å². The lowest BCUT2D eigenvalue weighted by Crippen LogP contribution is -2.28. The van der Waals surface area contributed by atoms with Crippen molar-refractivity contribution in [1.29, 1.82) is 0 Å². The summed E-state index contributed by atoms with van der Waals surface area (Å²) in [4.78, 5) is 2.65. The van der Waals surface area contributed by atoms with Gasteiger partial charge in [0.2, 0.25) is 10.0 Å². The Morgan fingerprint density at radius 1 is 1.20 bits per heavy atom. The first kappa shape index (κ1) is 15.3. The molecule has 1 aliphatic rings. The third kappa shape index (κ3) is 3.50. The van der Waals surface area contributed by atoms with Crippen molar-refractivity contribution in [2.24, 2.45) is 0 Å². The molecule has 0 aromatic heterocycles. The van der Waals surface area contributed by atoms with Gasteiger partial charge in [-0.05, 0) is 32.0 Å². The normalized spacial score (nSPS) is 15.8. The first-order valence-electron chi connectivity index (χ1n) is 6.88. The molecule has 0 bridgehead atoms. The molecule has 1 N–H and O–H groups in total. The second-order valence-electron chi connectivity index (χ2n) is 5.42. The van der Waals surface area contributed by atoms with Gasteiger partial charge in [-0.15, -0.1) is 0 Å². The average molecular weight is 297 g/mol. The molecule has 0 unspecified atom stereocenters. The zero-order chi connectivity index (χ0) is 14.8. The van der Waals surface area contributed by atoms with Crippen LogP contribution in [0.4, 0.5) is 5.69 Å². The van der Waals surface area contributed by atoms with Gasteiger partial charge >= 0.3 is 0 Å². The molecule has 0 saturated heterocycles. The van der Waals surface area contributed by atoms with Crippen molar-refractivity contribution in [2.75, 3.05) is 39.5 Å². The first-order chi connectivity index (χ1) is 9.43. The van der Waals surface area contributed by atoms with E-state index >= 15 is 0 Å². The summed E-state index contributed by atoms with van der Waals surface area (Å²) in [5.74, 6) is 0. The van der Waals surface area contributed by atoms with Crippen LogP contribution in [0.25, 0.3) is 0 Å². The van der Waals surface area contributed by atoms with E-state index < -0.39 is 10.0 Å². The molecule has 1 fully saturated rings. The zero-order valence-electron chi connectivity index (χ0n) is 12.3. The number of para-hydroxylation sites is 1. The van der Waals surface area contributed by atoms with E-state index in [1.165, 1.54) is 17.1 Å². The van der Waals surface area contributed by atoms with Crippen LogP contribution in [0.5, 0.6) is 0 Å². The van der Waals surface area contributed by atoms with E-state index in [4.69, 9.17) is 0 Å². The zero-order valence-corrected chi connectivity index (χ0v) is 13.2. The number of rotatable bonds is 7. The molecule has 20 heavy (non-hydrogen) atoms. The van der Waals surface area contributed by atoms with E-state index in [1.807, 2.05) is 12.1 Å². The average Bonchev–Trinajstić information content (AvgIpc) is 3.23. The number of hydrogen-bond acceptors (Lipinski definition) is 4. The van der Waals surface area contributed by atoms with Crippen molar-refractivity contribution in [2.45, 2.75) is 23.8 Å². The predicted octanol–water partition coefficient (Wildman–Crippen LogP) is 1.44. The highest BCUT2D eigenvalue weighted by Crippen LogP contribution is 2.25. The molecule has 0 atom stereocenters. The Labute approximate surface area is 121 Å². The molecule has 0 aliphatic heterocycles. The highest BCUT2D eigenvalue weighted by molar-refractivity contribution is 7.89. The predicted molar refractivity (Wildman–Crippen MR) is 81.5 cm³/mol. The highest BCUT2D eigenvalue weighted by atomic mass is 32.2.